The highest BCUT2D eigenvalue weighted by Gasteiger charge is 2.38. The zero-order valence-electron chi connectivity index (χ0n) is 15.5. The van der Waals surface area contributed by atoms with Gasteiger partial charge >= 0.3 is 0 Å². The fourth-order valence-electron chi connectivity index (χ4n) is 3.71. The summed E-state index contributed by atoms with van der Waals surface area (Å²) in [5, 5.41) is 13.3. The molecular formula is C19H31N3O2S. The molecule has 1 fully saturated rings. The maximum Gasteiger partial charge on any atom is 0.146 e. The highest BCUT2D eigenvalue weighted by atomic mass is 32.2. The van der Waals surface area contributed by atoms with E-state index < -0.39 is 10.8 Å². The number of rotatable bonds is 8. The molecule has 1 aromatic heterocycles. The van der Waals surface area contributed by atoms with Gasteiger partial charge in [0.1, 0.15) is 16.5 Å². The summed E-state index contributed by atoms with van der Waals surface area (Å²) in [5.74, 6) is 2.57. The third-order valence-corrected chi connectivity index (χ3v) is 7.15. The first kappa shape index (κ1) is 18.8. The molecule has 1 aromatic rings. The van der Waals surface area contributed by atoms with Crippen molar-refractivity contribution in [2.75, 3.05) is 17.7 Å². The van der Waals surface area contributed by atoms with Gasteiger partial charge in [-0.2, -0.15) is 0 Å². The lowest BCUT2D eigenvalue weighted by atomic mass is 9.77. The number of nitrogens with zero attached hydrogens (tertiary/aromatic N) is 2. The lowest BCUT2D eigenvalue weighted by molar-refractivity contribution is 0.143. The van der Waals surface area contributed by atoms with E-state index in [1.165, 1.54) is 19.3 Å². The molecular weight excluding hydrogens is 334 g/mol. The van der Waals surface area contributed by atoms with Crippen molar-refractivity contribution in [2.24, 2.45) is 0 Å². The largest absolute Gasteiger partial charge is 0.394 e. The van der Waals surface area contributed by atoms with Crippen LogP contribution >= 0.6 is 0 Å². The minimum atomic E-state index is -1.04. The summed E-state index contributed by atoms with van der Waals surface area (Å²) in [7, 11) is -1.04. The molecule has 0 radical (unpaired) electrons. The second-order valence-corrected chi connectivity index (χ2v) is 9.18. The molecule has 2 aliphatic rings. The molecule has 1 saturated carbocycles. The van der Waals surface area contributed by atoms with Crippen molar-refractivity contribution >= 4 is 16.6 Å². The van der Waals surface area contributed by atoms with Crippen LogP contribution in [0.4, 0.5) is 5.82 Å². The fraction of sp³-hybridized carbons (Fsp3) is 0.789. The molecule has 1 aliphatic heterocycles. The maximum atomic E-state index is 12.6. The quantitative estimate of drug-likeness (QED) is 0.689. The summed E-state index contributed by atoms with van der Waals surface area (Å²) in [6.45, 7) is 4.50. The molecule has 25 heavy (non-hydrogen) atoms. The molecule has 3 rings (SSSR count). The van der Waals surface area contributed by atoms with Crippen molar-refractivity contribution in [3.63, 3.8) is 0 Å². The average Bonchev–Trinajstić information content (AvgIpc) is 2.58. The zero-order chi connectivity index (χ0) is 17.9. The molecule has 2 atom stereocenters. The zero-order valence-corrected chi connectivity index (χ0v) is 16.3. The van der Waals surface area contributed by atoms with Crippen LogP contribution in [-0.4, -0.2) is 37.2 Å². The summed E-state index contributed by atoms with van der Waals surface area (Å²) >= 11 is 0. The van der Waals surface area contributed by atoms with Crippen LogP contribution in [0.5, 0.6) is 0 Å². The van der Waals surface area contributed by atoms with Gasteiger partial charge < -0.3 is 10.4 Å². The van der Waals surface area contributed by atoms with E-state index in [0.29, 0.717) is 17.5 Å². The van der Waals surface area contributed by atoms with Crippen LogP contribution in [0.15, 0.2) is 4.90 Å². The number of aliphatic hydroxyl groups is 1. The van der Waals surface area contributed by atoms with Crippen molar-refractivity contribution in [1.29, 1.82) is 0 Å². The van der Waals surface area contributed by atoms with Gasteiger partial charge in [-0.1, -0.05) is 33.1 Å². The summed E-state index contributed by atoms with van der Waals surface area (Å²) in [6, 6.07) is 0. The van der Waals surface area contributed by atoms with Crippen LogP contribution in [0.2, 0.25) is 0 Å². The van der Waals surface area contributed by atoms with Crippen molar-refractivity contribution < 1.29 is 9.32 Å². The van der Waals surface area contributed by atoms with Crippen molar-refractivity contribution in [1.82, 2.24) is 9.97 Å². The molecule has 0 amide bonds. The number of anilines is 1. The van der Waals surface area contributed by atoms with Crippen LogP contribution < -0.4 is 5.32 Å². The normalized spacial score (nSPS) is 22.8. The Hall–Kier alpha value is -1.01. The fourth-order valence-corrected chi connectivity index (χ4v) is 5.04. The molecule has 0 spiro atoms. The number of unbranched alkanes of at least 4 members (excludes halogenated alkanes) is 2. The molecule has 0 saturated heterocycles. The minimum absolute atomic E-state index is 0.0970. The van der Waals surface area contributed by atoms with Gasteiger partial charge in [-0.25, -0.2) is 9.97 Å². The Bertz CT molecular complexity index is 626. The van der Waals surface area contributed by atoms with Crippen LogP contribution in [0.3, 0.4) is 0 Å². The molecule has 5 nitrogen and oxygen atoms in total. The Morgan fingerprint density at radius 1 is 1.28 bits per heavy atom. The first-order valence-electron chi connectivity index (χ1n) is 9.77. The summed E-state index contributed by atoms with van der Waals surface area (Å²) < 4.78 is 12.6. The molecule has 2 N–H and O–H groups in total. The molecule has 6 heteroatoms. The van der Waals surface area contributed by atoms with Gasteiger partial charge in [0, 0.05) is 11.7 Å². The lowest BCUT2D eigenvalue weighted by Crippen LogP contribution is -2.49. The van der Waals surface area contributed by atoms with E-state index in [0.717, 1.165) is 54.9 Å². The third-order valence-electron chi connectivity index (χ3n) is 5.60. The van der Waals surface area contributed by atoms with Gasteiger partial charge in [0.15, 0.2) is 0 Å². The Morgan fingerprint density at radius 3 is 2.72 bits per heavy atom. The third kappa shape index (κ3) is 4.05. The second kappa shape index (κ2) is 8.12. The van der Waals surface area contributed by atoms with E-state index in [4.69, 9.17) is 9.97 Å². The number of aryl methyl sites for hydroxylation is 1. The van der Waals surface area contributed by atoms with Crippen molar-refractivity contribution in [3.8, 4) is 0 Å². The van der Waals surface area contributed by atoms with Crippen LogP contribution in [0.1, 0.15) is 82.7 Å². The number of fused-ring (bicyclic) bond motifs is 1. The predicted molar refractivity (Wildman–Crippen MR) is 101 cm³/mol. The Kier molecular flexibility index (Phi) is 6.10. The van der Waals surface area contributed by atoms with E-state index in [1.54, 1.807) is 0 Å². The van der Waals surface area contributed by atoms with E-state index in [9.17, 15) is 9.32 Å². The lowest BCUT2D eigenvalue weighted by Gasteiger charge is -2.42. The molecule has 2 unspecified atom stereocenters. The average molecular weight is 366 g/mol. The topological polar surface area (TPSA) is 75.1 Å². The standard InChI is InChI=1S/C19H31N3O2S/c1-3-4-5-8-14(2)17-20-15-9-6-12-25(24)16(15)18(21-17)22-19(13-23)10-7-11-19/h14,23H,3-13H2,1-2H3,(H,20,21,22). The Balaban J connectivity index is 1.90. The van der Waals surface area contributed by atoms with Gasteiger partial charge in [0.05, 0.1) is 28.6 Å². The predicted octanol–water partition coefficient (Wildman–Crippen LogP) is 3.54. The molecule has 2 heterocycles. The van der Waals surface area contributed by atoms with Gasteiger partial charge in [0.25, 0.3) is 0 Å². The van der Waals surface area contributed by atoms with E-state index in [1.807, 2.05) is 0 Å². The Morgan fingerprint density at radius 2 is 2.08 bits per heavy atom. The minimum Gasteiger partial charge on any atom is -0.394 e. The highest BCUT2D eigenvalue weighted by Crippen LogP contribution is 2.38. The number of nitrogens with one attached hydrogen (secondary N) is 1. The van der Waals surface area contributed by atoms with Gasteiger partial charge in [-0.05, 0) is 38.5 Å². The Labute approximate surface area is 153 Å². The SMILES string of the molecule is CCCCCC(C)c1nc2c(c(NC3(CO)CCC3)n1)S(=O)CCC2. The first-order valence-corrected chi connectivity index (χ1v) is 11.1. The monoisotopic (exact) mass is 365 g/mol. The molecule has 140 valence electrons. The molecule has 0 bridgehead atoms. The van der Waals surface area contributed by atoms with Crippen molar-refractivity contribution in [2.45, 2.75) is 88.0 Å². The van der Waals surface area contributed by atoms with E-state index in [-0.39, 0.29) is 12.1 Å². The van der Waals surface area contributed by atoms with Crippen LogP contribution in [0, 0.1) is 0 Å². The van der Waals surface area contributed by atoms with Gasteiger partial charge in [0.2, 0.25) is 0 Å². The van der Waals surface area contributed by atoms with Crippen molar-refractivity contribution in [3.05, 3.63) is 11.5 Å². The van der Waals surface area contributed by atoms with E-state index >= 15 is 0 Å². The maximum absolute atomic E-state index is 12.6. The summed E-state index contributed by atoms with van der Waals surface area (Å²) in [5.41, 5.74) is 0.666. The smallest absolute Gasteiger partial charge is 0.146 e. The van der Waals surface area contributed by atoms with Gasteiger partial charge in [-0.15, -0.1) is 0 Å². The number of hydrogen-bond donors (Lipinski definition) is 2. The number of aromatic nitrogens is 2. The first-order chi connectivity index (χ1) is 12.1. The number of aliphatic hydroxyl groups excluding tert-OH is 1. The highest BCUT2D eigenvalue weighted by molar-refractivity contribution is 7.85. The summed E-state index contributed by atoms with van der Waals surface area (Å²) in [4.78, 5) is 10.4. The van der Waals surface area contributed by atoms with E-state index in [2.05, 4.69) is 19.2 Å². The number of hydrogen-bond acceptors (Lipinski definition) is 5. The molecule has 1 aliphatic carbocycles. The van der Waals surface area contributed by atoms with Gasteiger partial charge in [-0.3, -0.25) is 4.21 Å². The van der Waals surface area contributed by atoms with Crippen LogP contribution in [-0.2, 0) is 17.2 Å². The van der Waals surface area contributed by atoms with Crippen LogP contribution in [0.25, 0.3) is 0 Å². The molecule has 0 aromatic carbocycles. The second-order valence-electron chi connectivity index (χ2n) is 7.67. The summed E-state index contributed by atoms with van der Waals surface area (Å²) in [6.07, 6.45) is 9.51.